The summed E-state index contributed by atoms with van der Waals surface area (Å²) in [5.74, 6) is -0.289. The van der Waals surface area contributed by atoms with Crippen LogP contribution in [0.5, 0.6) is 0 Å². The number of fused-ring (bicyclic) bond motifs is 1. The molecule has 5 heteroatoms. The SMILES string of the molecule is COCCNC(=O)C1c2ccccc2C(=O)N1Cc1ccccc1. The van der Waals surface area contributed by atoms with Gasteiger partial charge in [0.1, 0.15) is 6.04 Å². The number of amides is 2. The van der Waals surface area contributed by atoms with Crippen LogP contribution in [0.1, 0.15) is 27.5 Å². The summed E-state index contributed by atoms with van der Waals surface area (Å²) in [6.45, 7) is 1.25. The minimum Gasteiger partial charge on any atom is -0.383 e. The molecule has 0 radical (unpaired) electrons. The molecule has 24 heavy (non-hydrogen) atoms. The predicted octanol–water partition coefficient (Wildman–Crippen LogP) is 2.15. The molecule has 2 aromatic carbocycles. The lowest BCUT2D eigenvalue weighted by atomic mass is 10.0. The maximum absolute atomic E-state index is 12.8. The fourth-order valence-electron chi connectivity index (χ4n) is 2.97. The summed E-state index contributed by atoms with van der Waals surface area (Å²) in [5, 5.41) is 2.84. The highest BCUT2D eigenvalue weighted by molar-refractivity contribution is 6.04. The van der Waals surface area contributed by atoms with E-state index in [9.17, 15) is 9.59 Å². The van der Waals surface area contributed by atoms with E-state index in [0.717, 1.165) is 11.1 Å². The van der Waals surface area contributed by atoms with Gasteiger partial charge in [-0.3, -0.25) is 9.59 Å². The van der Waals surface area contributed by atoms with Crippen molar-refractivity contribution >= 4 is 11.8 Å². The number of hydrogen-bond acceptors (Lipinski definition) is 3. The van der Waals surface area contributed by atoms with Crippen LogP contribution < -0.4 is 5.32 Å². The Morgan fingerprint density at radius 3 is 2.58 bits per heavy atom. The van der Waals surface area contributed by atoms with E-state index in [0.29, 0.717) is 25.3 Å². The molecule has 0 saturated carbocycles. The largest absolute Gasteiger partial charge is 0.383 e. The molecule has 0 spiro atoms. The lowest BCUT2D eigenvalue weighted by molar-refractivity contribution is -0.125. The van der Waals surface area contributed by atoms with Gasteiger partial charge in [-0.15, -0.1) is 0 Å². The van der Waals surface area contributed by atoms with E-state index in [1.165, 1.54) is 0 Å². The summed E-state index contributed by atoms with van der Waals surface area (Å²) in [6.07, 6.45) is 0. The molecule has 0 aliphatic carbocycles. The second-order valence-corrected chi connectivity index (χ2v) is 5.69. The standard InChI is InChI=1S/C19H20N2O3/c1-24-12-11-20-18(22)17-15-9-5-6-10-16(15)19(23)21(17)13-14-7-3-2-4-8-14/h2-10,17H,11-13H2,1H3,(H,20,22). The van der Waals surface area contributed by atoms with Gasteiger partial charge in [0.05, 0.1) is 6.61 Å². The summed E-state index contributed by atoms with van der Waals surface area (Å²) in [5.41, 5.74) is 2.35. The molecule has 124 valence electrons. The first kappa shape index (κ1) is 16.2. The molecule has 0 bridgehead atoms. The van der Waals surface area contributed by atoms with Crippen LogP contribution in [0.15, 0.2) is 54.6 Å². The summed E-state index contributed by atoms with van der Waals surface area (Å²) < 4.78 is 4.97. The number of rotatable bonds is 6. The Bertz CT molecular complexity index is 730. The van der Waals surface area contributed by atoms with Crippen molar-refractivity contribution in [3.05, 3.63) is 71.3 Å². The Morgan fingerprint density at radius 2 is 1.83 bits per heavy atom. The van der Waals surface area contributed by atoms with Crippen molar-refractivity contribution in [3.63, 3.8) is 0 Å². The third kappa shape index (κ3) is 3.16. The van der Waals surface area contributed by atoms with Crippen LogP contribution in [0.25, 0.3) is 0 Å². The molecule has 0 aromatic heterocycles. The average Bonchev–Trinajstić information content (AvgIpc) is 2.89. The average molecular weight is 324 g/mol. The van der Waals surface area contributed by atoms with Gasteiger partial charge in [0, 0.05) is 25.8 Å². The Morgan fingerprint density at radius 1 is 1.12 bits per heavy atom. The van der Waals surface area contributed by atoms with Gasteiger partial charge in [-0.05, 0) is 17.2 Å². The van der Waals surface area contributed by atoms with Crippen molar-refractivity contribution in [3.8, 4) is 0 Å². The number of nitrogens with one attached hydrogen (secondary N) is 1. The highest BCUT2D eigenvalue weighted by atomic mass is 16.5. The molecule has 0 saturated heterocycles. The van der Waals surface area contributed by atoms with Crippen molar-refractivity contribution in [1.29, 1.82) is 0 Å². The van der Waals surface area contributed by atoms with Gasteiger partial charge < -0.3 is 15.0 Å². The number of hydrogen-bond donors (Lipinski definition) is 1. The maximum Gasteiger partial charge on any atom is 0.255 e. The van der Waals surface area contributed by atoms with E-state index in [-0.39, 0.29) is 11.8 Å². The van der Waals surface area contributed by atoms with Gasteiger partial charge in [0.25, 0.3) is 5.91 Å². The topological polar surface area (TPSA) is 58.6 Å². The Hall–Kier alpha value is -2.66. The lowest BCUT2D eigenvalue weighted by Gasteiger charge is -2.24. The van der Waals surface area contributed by atoms with Crippen molar-refractivity contribution in [2.45, 2.75) is 12.6 Å². The van der Waals surface area contributed by atoms with Crippen molar-refractivity contribution in [2.24, 2.45) is 0 Å². The van der Waals surface area contributed by atoms with Crippen LogP contribution in [-0.4, -0.2) is 37.0 Å². The summed E-state index contributed by atoms with van der Waals surface area (Å²) in [7, 11) is 1.59. The van der Waals surface area contributed by atoms with E-state index in [1.807, 2.05) is 48.5 Å². The highest BCUT2D eigenvalue weighted by Crippen LogP contribution is 2.34. The molecule has 1 atom stereocenters. The van der Waals surface area contributed by atoms with Gasteiger partial charge in [0.15, 0.2) is 0 Å². The van der Waals surface area contributed by atoms with E-state index < -0.39 is 6.04 Å². The number of nitrogens with zero attached hydrogens (tertiary/aromatic N) is 1. The third-order valence-corrected chi connectivity index (χ3v) is 4.11. The number of benzene rings is 2. The molecule has 1 aliphatic rings. The zero-order valence-corrected chi connectivity index (χ0v) is 13.6. The van der Waals surface area contributed by atoms with Crippen LogP contribution in [0.4, 0.5) is 0 Å². The van der Waals surface area contributed by atoms with E-state index in [4.69, 9.17) is 4.74 Å². The number of carbonyl (C=O) groups is 2. The van der Waals surface area contributed by atoms with Crippen LogP contribution in [0.2, 0.25) is 0 Å². The molecular formula is C19H20N2O3. The monoisotopic (exact) mass is 324 g/mol. The van der Waals surface area contributed by atoms with Crippen LogP contribution >= 0.6 is 0 Å². The zero-order valence-electron chi connectivity index (χ0n) is 13.6. The van der Waals surface area contributed by atoms with Gasteiger partial charge in [-0.25, -0.2) is 0 Å². The first-order valence-electron chi connectivity index (χ1n) is 7.93. The first-order valence-corrected chi connectivity index (χ1v) is 7.93. The Kier molecular flexibility index (Phi) is 4.91. The summed E-state index contributed by atoms with van der Waals surface area (Å²) >= 11 is 0. The highest BCUT2D eigenvalue weighted by Gasteiger charge is 2.40. The summed E-state index contributed by atoms with van der Waals surface area (Å²) in [6, 6.07) is 16.4. The minimum atomic E-state index is -0.606. The normalized spacial score (nSPS) is 16.1. The molecule has 1 N–H and O–H groups in total. The lowest BCUT2D eigenvalue weighted by Crippen LogP contribution is -2.39. The molecular weight excluding hydrogens is 304 g/mol. The van der Waals surface area contributed by atoms with Crippen molar-refractivity contribution in [1.82, 2.24) is 10.2 Å². The predicted molar refractivity (Wildman–Crippen MR) is 90.4 cm³/mol. The molecule has 1 unspecified atom stereocenters. The first-order chi connectivity index (χ1) is 11.7. The second kappa shape index (κ2) is 7.27. The number of ether oxygens (including phenoxy) is 1. The van der Waals surface area contributed by atoms with E-state index in [2.05, 4.69) is 5.32 Å². The second-order valence-electron chi connectivity index (χ2n) is 5.69. The Labute approximate surface area is 141 Å². The molecule has 1 heterocycles. The molecule has 0 fully saturated rings. The van der Waals surface area contributed by atoms with Gasteiger partial charge in [0.2, 0.25) is 5.91 Å². The van der Waals surface area contributed by atoms with Gasteiger partial charge >= 0.3 is 0 Å². The molecule has 2 amide bonds. The molecule has 5 nitrogen and oxygen atoms in total. The van der Waals surface area contributed by atoms with Crippen molar-refractivity contribution < 1.29 is 14.3 Å². The van der Waals surface area contributed by atoms with E-state index >= 15 is 0 Å². The smallest absolute Gasteiger partial charge is 0.255 e. The van der Waals surface area contributed by atoms with E-state index in [1.54, 1.807) is 18.1 Å². The number of carbonyl (C=O) groups excluding carboxylic acids is 2. The zero-order chi connectivity index (χ0) is 16.9. The molecule has 1 aliphatic heterocycles. The van der Waals surface area contributed by atoms with Crippen LogP contribution in [0.3, 0.4) is 0 Å². The summed E-state index contributed by atoms with van der Waals surface area (Å²) in [4.78, 5) is 27.1. The van der Waals surface area contributed by atoms with Crippen LogP contribution in [0, 0.1) is 0 Å². The minimum absolute atomic E-state index is 0.110. The Balaban J connectivity index is 1.88. The molecule has 3 rings (SSSR count). The fourth-order valence-corrected chi connectivity index (χ4v) is 2.97. The van der Waals surface area contributed by atoms with Gasteiger partial charge in [-0.1, -0.05) is 48.5 Å². The quantitative estimate of drug-likeness (QED) is 0.828. The number of methoxy groups -OCH3 is 1. The maximum atomic E-state index is 12.8. The molecule has 2 aromatic rings. The van der Waals surface area contributed by atoms with Crippen molar-refractivity contribution in [2.75, 3.05) is 20.3 Å². The third-order valence-electron chi connectivity index (χ3n) is 4.11. The fraction of sp³-hybridized carbons (Fsp3) is 0.263. The van der Waals surface area contributed by atoms with Crippen LogP contribution in [-0.2, 0) is 16.1 Å². The van der Waals surface area contributed by atoms with Gasteiger partial charge in [-0.2, -0.15) is 0 Å².